The Morgan fingerprint density at radius 3 is 2.42 bits per heavy atom. The van der Waals surface area contributed by atoms with Gasteiger partial charge in [-0.25, -0.2) is 4.79 Å². The molecule has 1 N–H and O–H groups in total. The van der Waals surface area contributed by atoms with Crippen LogP contribution >= 0.6 is 0 Å². The van der Waals surface area contributed by atoms with Crippen molar-refractivity contribution < 1.29 is 9.90 Å². The Kier molecular flexibility index (Phi) is 4.30. The number of urea groups is 1. The third-order valence-electron chi connectivity index (χ3n) is 3.93. The highest BCUT2D eigenvalue weighted by Gasteiger charge is 2.25. The highest BCUT2D eigenvalue weighted by molar-refractivity contribution is 5.74. The molecule has 1 aromatic carbocycles. The molecule has 0 aromatic heterocycles. The second-order valence-corrected chi connectivity index (χ2v) is 5.15. The fourth-order valence-corrected chi connectivity index (χ4v) is 2.53. The monoisotopic (exact) mass is 262 g/mol. The highest BCUT2D eigenvalue weighted by atomic mass is 16.3. The van der Waals surface area contributed by atoms with Gasteiger partial charge < -0.3 is 14.9 Å². The van der Waals surface area contributed by atoms with Crippen LogP contribution in [-0.4, -0.2) is 47.6 Å². The number of phenolic OH excluding ortho intramolecular Hbond substituents is 1. The number of carbonyl (C=O) groups is 1. The van der Waals surface area contributed by atoms with Crippen molar-refractivity contribution in [2.75, 3.05) is 26.7 Å². The first-order chi connectivity index (χ1) is 9.11. The molecule has 0 aliphatic carbocycles. The zero-order valence-electron chi connectivity index (χ0n) is 11.7. The maximum atomic E-state index is 12.0. The van der Waals surface area contributed by atoms with Crippen LogP contribution in [0.3, 0.4) is 0 Å². The number of hydrogen-bond donors (Lipinski definition) is 1. The van der Waals surface area contributed by atoms with E-state index in [1.54, 1.807) is 17.0 Å². The fraction of sp³-hybridized carbons (Fsp3) is 0.533. The molecule has 2 amide bonds. The molecule has 1 aromatic rings. The van der Waals surface area contributed by atoms with E-state index in [9.17, 15) is 9.90 Å². The van der Waals surface area contributed by atoms with Crippen LogP contribution in [-0.2, 0) is 0 Å². The van der Waals surface area contributed by atoms with E-state index >= 15 is 0 Å². The molecule has 0 unspecified atom stereocenters. The summed E-state index contributed by atoms with van der Waals surface area (Å²) in [5.74, 6) is 0.803. The van der Waals surface area contributed by atoms with Gasteiger partial charge in [-0.2, -0.15) is 0 Å². The maximum Gasteiger partial charge on any atom is 0.319 e. The lowest BCUT2D eigenvalue weighted by Gasteiger charge is -2.34. The van der Waals surface area contributed by atoms with E-state index < -0.39 is 0 Å². The Morgan fingerprint density at radius 2 is 1.89 bits per heavy atom. The smallest absolute Gasteiger partial charge is 0.319 e. The van der Waals surface area contributed by atoms with Crippen LogP contribution in [0, 0.1) is 0 Å². The minimum Gasteiger partial charge on any atom is -0.508 e. The van der Waals surface area contributed by atoms with Crippen molar-refractivity contribution >= 4 is 6.03 Å². The molecule has 0 atom stereocenters. The van der Waals surface area contributed by atoms with Gasteiger partial charge in [0.2, 0.25) is 0 Å². The van der Waals surface area contributed by atoms with Gasteiger partial charge in [-0.15, -0.1) is 0 Å². The molecule has 104 valence electrons. The number of phenols is 1. The first-order valence-electron chi connectivity index (χ1n) is 6.90. The van der Waals surface area contributed by atoms with Crippen LogP contribution in [0.5, 0.6) is 5.75 Å². The molecule has 19 heavy (non-hydrogen) atoms. The van der Waals surface area contributed by atoms with Gasteiger partial charge in [0, 0.05) is 26.7 Å². The van der Waals surface area contributed by atoms with E-state index in [1.807, 2.05) is 31.0 Å². The van der Waals surface area contributed by atoms with E-state index in [0.717, 1.165) is 32.5 Å². The van der Waals surface area contributed by atoms with Gasteiger partial charge in [-0.05, 0) is 43.4 Å². The molecule has 0 bridgehead atoms. The Bertz CT molecular complexity index is 422. The molecule has 2 rings (SSSR count). The minimum absolute atomic E-state index is 0.131. The van der Waals surface area contributed by atoms with Gasteiger partial charge in [0.25, 0.3) is 0 Å². The van der Waals surface area contributed by atoms with Crippen molar-refractivity contribution in [3.8, 4) is 5.75 Å². The third-order valence-corrected chi connectivity index (χ3v) is 3.93. The number of amides is 2. The summed E-state index contributed by atoms with van der Waals surface area (Å²) >= 11 is 0. The molecule has 1 saturated heterocycles. The number of rotatable bonds is 2. The van der Waals surface area contributed by atoms with Gasteiger partial charge in [-0.3, -0.25) is 0 Å². The second kappa shape index (κ2) is 5.95. The number of nitrogens with zero attached hydrogens (tertiary/aromatic N) is 2. The van der Waals surface area contributed by atoms with E-state index in [1.165, 1.54) is 5.56 Å². The van der Waals surface area contributed by atoms with Crippen molar-refractivity contribution in [1.29, 1.82) is 0 Å². The lowest BCUT2D eigenvalue weighted by atomic mass is 9.89. The molecule has 0 radical (unpaired) electrons. The first-order valence-corrected chi connectivity index (χ1v) is 6.90. The standard InChI is InChI=1S/C15H22N2O2/c1-3-16(2)15(19)17-10-8-13(9-11-17)12-4-6-14(18)7-5-12/h4-7,13,18H,3,8-11H2,1-2H3. The molecule has 4 nitrogen and oxygen atoms in total. The molecular weight excluding hydrogens is 240 g/mol. The summed E-state index contributed by atoms with van der Waals surface area (Å²) in [6.07, 6.45) is 1.99. The van der Waals surface area contributed by atoms with E-state index in [-0.39, 0.29) is 6.03 Å². The predicted molar refractivity (Wildman–Crippen MR) is 75.4 cm³/mol. The minimum atomic E-state index is 0.131. The van der Waals surface area contributed by atoms with Crippen molar-refractivity contribution in [3.05, 3.63) is 29.8 Å². The Morgan fingerprint density at radius 1 is 1.32 bits per heavy atom. The molecule has 1 heterocycles. The zero-order valence-corrected chi connectivity index (χ0v) is 11.7. The summed E-state index contributed by atoms with van der Waals surface area (Å²) in [6.45, 7) is 4.36. The third kappa shape index (κ3) is 3.19. The van der Waals surface area contributed by atoms with Crippen LogP contribution in [0.1, 0.15) is 31.2 Å². The molecule has 1 fully saturated rings. The maximum absolute atomic E-state index is 12.0. The summed E-state index contributed by atoms with van der Waals surface area (Å²) in [6, 6.07) is 7.56. The van der Waals surface area contributed by atoms with Gasteiger partial charge in [0.15, 0.2) is 0 Å². The van der Waals surface area contributed by atoms with Crippen molar-refractivity contribution in [1.82, 2.24) is 9.80 Å². The Balaban J connectivity index is 1.92. The average Bonchev–Trinajstić information content (AvgIpc) is 2.46. The van der Waals surface area contributed by atoms with Crippen molar-refractivity contribution in [2.24, 2.45) is 0 Å². The normalized spacial score (nSPS) is 16.4. The summed E-state index contributed by atoms with van der Waals surface area (Å²) < 4.78 is 0. The highest BCUT2D eigenvalue weighted by Crippen LogP contribution is 2.29. The number of benzene rings is 1. The largest absolute Gasteiger partial charge is 0.508 e. The summed E-state index contributed by atoms with van der Waals surface area (Å²) in [5.41, 5.74) is 1.26. The number of aromatic hydroxyl groups is 1. The topological polar surface area (TPSA) is 43.8 Å². The van der Waals surface area contributed by atoms with Gasteiger partial charge in [0.05, 0.1) is 0 Å². The molecule has 0 saturated carbocycles. The molecule has 0 spiro atoms. The zero-order chi connectivity index (χ0) is 13.8. The summed E-state index contributed by atoms with van der Waals surface area (Å²) in [4.78, 5) is 15.7. The van der Waals surface area contributed by atoms with E-state index in [4.69, 9.17) is 0 Å². The molecule has 4 heteroatoms. The number of piperidine rings is 1. The van der Waals surface area contributed by atoms with Crippen LogP contribution in [0.2, 0.25) is 0 Å². The van der Waals surface area contributed by atoms with Crippen LogP contribution in [0.25, 0.3) is 0 Å². The van der Waals surface area contributed by atoms with E-state index in [0.29, 0.717) is 11.7 Å². The summed E-state index contributed by atoms with van der Waals surface area (Å²) in [5, 5.41) is 9.30. The van der Waals surface area contributed by atoms with E-state index in [2.05, 4.69) is 0 Å². The number of hydrogen-bond acceptors (Lipinski definition) is 2. The predicted octanol–water partition coefficient (Wildman–Crippen LogP) is 2.64. The van der Waals surface area contributed by atoms with Crippen molar-refractivity contribution in [2.45, 2.75) is 25.7 Å². The van der Waals surface area contributed by atoms with Crippen LogP contribution in [0.4, 0.5) is 4.79 Å². The summed E-state index contributed by atoms with van der Waals surface area (Å²) in [7, 11) is 1.84. The SMILES string of the molecule is CCN(C)C(=O)N1CCC(c2ccc(O)cc2)CC1. The van der Waals surface area contributed by atoms with Gasteiger partial charge >= 0.3 is 6.03 Å². The Hall–Kier alpha value is -1.71. The number of likely N-dealkylation sites (tertiary alicyclic amines) is 1. The average molecular weight is 262 g/mol. The molecule has 1 aliphatic heterocycles. The van der Waals surface area contributed by atoms with Crippen LogP contribution < -0.4 is 0 Å². The Labute approximate surface area is 114 Å². The fourth-order valence-electron chi connectivity index (χ4n) is 2.53. The second-order valence-electron chi connectivity index (χ2n) is 5.15. The van der Waals surface area contributed by atoms with Gasteiger partial charge in [-0.1, -0.05) is 12.1 Å². The molecule has 1 aliphatic rings. The first kappa shape index (κ1) is 13.7. The molecular formula is C15H22N2O2. The van der Waals surface area contributed by atoms with Crippen LogP contribution in [0.15, 0.2) is 24.3 Å². The lowest BCUT2D eigenvalue weighted by Crippen LogP contribution is -2.44. The van der Waals surface area contributed by atoms with Crippen molar-refractivity contribution in [3.63, 3.8) is 0 Å². The number of carbonyl (C=O) groups excluding carboxylic acids is 1. The lowest BCUT2D eigenvalue weighted by molar-refractivity contribution is 0.150. The van der Waals surface area contributed by atoms with Gasteiger partial charge in [0.1, 0.15) is 5.75 Å². The quantitative estimate of drug-likeness (QED) is 0.890.